The lowest BCUT2D eigenvalue weighted by atomic mass is 10.2. The summed E-state index contributed by atoms with van der Waals surface area (Å²) in [5, 5.41) is 2.04. The number of likely N-dealkylation sites (N-methyl/N-ethyl adjacent to an activating group) is 1. The smallest absolute Gasteiger partial charge is 0.310 e. The average molecular weight is 308 g/mol. The number of amides is 4. The van der Waals surface area contributed by atoms with Crippen molar-refractivity contribution in [2.24, 2.45) is 0 Å². The van der Waals surface area contributed by atoms with Crippen LogP contribution in [0.15, 0.2) is 17.5 Å². The molecule has 2 saturated heterocycles. The van der Waals surface area contributed by atoms with E-state index in [1.165, 1.54) is 9.78 Å². The molecule has 1 aromatic heterocycles. The van der Waals surface area contributed by atoms with E-state index in [4.69, 9.17) is 0 Å². The molecular formula is C14H18N3O3S+. The second kappa shape index (κ2) is 5.57. The number of imide groups is 2. The molecule has 7 heteroatoms. The maximum atomic E-state index is 12.1. The highest BCUT2D eigenvalue weighted by atomic mass is 32.1. The second-order valence-corrected chi connectivity index (χ2v) is 6.32. The van der Waals surface area contributed by atoms with Gasteiger partial charge in [0.1, 0.15) is 6.04 Å². The molecule has 1 aromatic rings. The highest BCUT2D eigenvalue weighted by Gasteiger charge is 2.46. The van der Waals surface area contributed by atoms with E-state index in [1.54, 1.807) is 18.3 Å². The van der Waals surface area contributed by atoms with Gasteiger partial charge in [0, 0.05) is 19.4 Å². The van der Waals surface area contributed by atoms with Crippen molar-refractivity contribution in [3.8, 4) is 0 Å². The van der Waals surface area contributed by atoms with Gasteiger partial charge in [-0.25, -0.2) is 9.69 Å². The molecule has 112 valence electrons. The van der Waals surface area contributed by atoms with Crippen molar-refractivity contribution in [2.75, 3.05) is 19.8 Å². The third-order valence-electron chi connectivity index (χ3n) is 4.18. The number of thiophene rings is 1. The molecule has 21 heavy (non-hydrogen) atoms. The average Bonchev–Trinajstić information content (AvgIpc) is 3.17. The highest BCUT2D eigenvalue weighted by molar-refractivity contribution is 7.10. The third-order valence-corrected chi connectivity index (χ3v) is 5.17. The molecule has 2 atom stereocenters. The van der Waals surface area contributed by atoms with Crippen molar-refractivity contribution < 1.29 is 19.3 Å². The van der Waals surface area contributed by atoms with Crippen LogP contribution in [0.3, 0.4) is 0 Å². The van der Waals surface area contributed by atoms with Gasteiger partial charge in [0.25, 0.3) is 0 Å². The number of carbonyl (C=O) groups is 3. The van der Waals surface area contributed by atoms with Crippen LogP contribution in [0.5, 0.6) is 0 Å². The number of likely N-dealkylation sites (tertiary alicyclic amines) is 1. The Kier molecular flexibility index (Phi) is 3.77. The van der Waals surface area contributed by atoms with Crippen LogP contribution in [-0.2, 0) is 9.59 Å². The summed E-state index contributed by atoms with van der Waals surface area (Å²) in [6.45, 7) is 3.13. The zero-order valence-corrected chi connectivity index (χ0v) is 12.7. The summed E-state index contributed by atoms with van der Waals surface area (Å²) >= 11 is 1.70. The lowest BCUT2D eigenvalue weighted by Gasteiger charge is -2.24. The highest BCUT2D eigenvalue weighted by Crippen LogP contribution is 2.23. The van der Waals surface area contributed by atoms with Gasteiger partial charge in [-0.2, -0.15) is 0 Å². The van der Waals surface area contributed by atoms with Gasteiger partial charge >= 0.3 is 17.8 Å². The molecule has 0 radical (unpaired) electrons. The molecule has 4 amide bonds. The van der Waals surface area contributed by atoms with Gasteiger partial charge in [0.15, 0.2) is 6.67 Å². The monoisotopic (exact) mass is 308 g/mol. The Labute approximate surface area is 126 Å². The molecule has 2 aliphatic rings. The largest absolute Gasteiger partial charge is 0.338 e. The minimum atomic E-state index is -0.700. The predicted molar refractivity (Wildman–Crippen MR) is 76.6 cm³/mol. The van der Waals surface area contributed by atoms with Crippen LogP contribution >= 0.6 is 11.3 Å². The summed E-state index contributed by atoms with van der Waals surface area (Å²) < 4.78 is 0. The number of hydrogen-bond acceptors (Lipinski definition) is 4. The van der Waals surface area contributed by atoms with E-state index in [0.717, 1.165) is 29.2 Å². The minimum absolute atomic E-state index is 0.240. The van der Waals surface area contributed by atoms with Gasteiger partial charge in [-0.3, -0.25) is 14.5 Å². The van der Waals surface area contributed by atoms with Crippen LogP contribution in [-0.4, -0.2) is 47.4 Å². The van der Waals surface area contributed by atoms with Crippen LogP contribution < -0.4 is 4.90 Å². The number of nitrogens with zero attached hydrogens (tertiary/aromatic N) is 2. The normalized spacial score (nSPS) is 26.2. The summed E-state index contributed by atoms with van der Waals surface area (Å²) in [6, 6.07) is 3.95. The molecule has 0 aliphatic carbocycles. The minimum Gasteiger partial charge on any atom is -0.310 e. The van der Waals surface area contributed by atoms with Crippen LogP contribution in [0, 0.1) is 0 Å². The zero-order valence-electron chi connectivity index (χ0n) is 11.9. The van der Waals surface area contributed by atoms with Crippen LogP contribution in [0.25, 0.3) is 0 Å². The maximum absolute atomic E-state index is 12.1. The quantitative estimate of drug-likeness (QED) is 0.640. The first-order valence-corrected chi connectivity index (χ1v) is 8.06. The molecular weight excluding hydrogens is 290 g/mol. The SMILES string of the molecule is CCN1C(=O)C(=O)N(C[NH+]2CCC[C@H]2c2cccs2)C1=O. The molecule has 0 spiro atoms. The summed E-state index contributed by atoms with van der Waals surface area (Å²) in [7, 11) is 0. The molecule has 2 aliphatic heterocycles. The predicted octanol–water partition coefficient (Wildman–Crippen LogP) is 0.236. The van der Waals surface area contributed by atoms with Crippen molar-refractivity contribution in [3.05, 3.63) is 22.4 Å². The summed E-state index contributed by atoms with van der Waals surface area (Å²) in [6.07, 6.45) is 2.12. The molecule has 3 rings (SSSR count). The fourth-order valence-electron chi connectivity index (χ4n) is 3.11. The Bertz CT molecular complexity index is 572. The van der Waals surface area contributed by atoms with E-state index in [2.05, 4.69) is 6.07 Å². The van der Waals surface area contributed by atoms with E-state index >= 15 is 0 Å². The van der Waals surface area contributed by atoms with E-state index in [-0.39, 0.29) is 13.2 Å². The van der Waals surface area contributed by atoms with Crippen molar-refractivity contribution in [3.63, 3.8) is 0 Å². The molecule has 3 heterocycles. The summed E-state index contributed by atoms with van der Waals surface area (Å²) in [5.74, 6) is -1.39. The van der Waals surface area contributed by atoms with Gasteiger partial charge in [-0.15, -0.1) is 11.3 Å². The third kappa shape index (κ3) is 2.36. The molecule has 1 unspecified atom stereocenters. The molecule has 6 nitrogen and oxygen atoms in total. The number of urea groups is 1. The molecule has 0 bridgehead atoms. The van der Waals surface area contributed by atoms with Crippen LogP contribution in [0.1, 0.15) is 30.7 Å². The van der Waals surface area contributed by atoms with Gasteiger partial charge < -0.3 is 4.90 Å². The number of nitrogens with one attached hydrogen (secondary N) is 1. The van der Waals surface area contributed by atoms with E-state index in [1.807, 2.05) is 11.4 Å². The Morgan fingerprint density at radius 1 is 1.29 bits per heavy atom. The summed E-state index contributed by atoms with van der Waals surface area (Å²) in [5.41, 5.74) is 0. The topological polar surface area (TPSA) is 62.1 Å². The first kappa shape index (κ1) is 14.2. The van der Waals surface area contributed by atoms with Gasteiger partial charge in [0.2, 0.25) is 0 Å². The van der Waals surface area contributed by atoms with E-state index in [9.17, 15) is 14.4 Å². The van der Waals surface area contributed by atoms with E-state index < -0.39 is 17.8 Å². The Morgan fingerprint density at radius 3 is 2.67 bits per heavy atom. The maximum Gasteiger partial charge on any atom is 0.338 e. The van der Waals surface area contributed by atoms with Gasteiger partial charge in [0.05, 0.1) is 11.4 Å². The molecule has 0 aromatic carbocycles. The van der Waals surface area contributed by atoms with Crippen molar-refractivity contribution in [2.45, 2.75) is 25.8 Å². The van der Waals surface area contributed by atoms with Crippen molar-refractivity contribution >= 4 is 29.2 Å². The first-order chi connectivity index (χ1) is 10.1. The Morgan fingerprint density at radius 2 is 2.05 bits per heavy atom. The first-order valence-electron chi connectivity index (χ1n) is 7.18. The zero-order chi connectivity index (χ0) is 15.0. The second-order valence-electron chi connectivity index (χ2n) is 5.34. The number of hydrogen-bond donors (Lipinski definition) is 1. The van der Waals surface area contributed by atoms with Crippen molar-refractivity contribution in [1.82, 2.24) is 9.80 Å². The number of carbonyl (C=O) groups excluding carboxylic acids is 3. The molecule has 2 fully saturated rings. The number of rotatable bonds is 4. The lowest BCUT2D eigenvalue weighted by Crippen LogP contribution is -3.12. The van der Waals surface area contributed by atoms with Crippen LogP contribution in [0.2, 0.25) is 0 Å². The van der Waals surface area contributed by atoms with Gasteiger partial charge in [-0.05, 0) is 18.4 Å². The lowest BCUT2D eigenvalue weighted by molar-refractivity contribution is -0.925. The Balaban J connectivity index is 1.75. The standard InChI is InChI=1S/C14H17N3O3S/c1-2-16-12(18)13(19)17(14(16)20)9-15-7-3-5-10(15)11-6-4-8-21-11/h4,6,8,10H,2-3,5,7,9H2,1H3/p+1/t10-/m0/s1. The van der Waals surface area contributed by atoms with Gasteiger partial charge in [-0.1, -0.05) is 6.07 Å². The fourth-order valence-corrected chi connectivity index (χ4v) is 4.03. The van der Waals surface area contributed by atoms with Crippen molar-refractivity contribution in [1.29, 1.82) is 0 Å². The molecule has 1 N–H and O–H groups in total. The molecule has 0 saturated carbocycles. The summed E-state index contributed by atoms with van der Waals surface area (Å²) in [4.78, 5) is 40.4. The van der Waals surface area contributed by atoms with E-state index in [0.29, 0.717) is 6.04 Å². The Hall–Kier alpha value is -1.73. The fraction of sp³-hybridized carbons (Fsp3) is 0.500. The van der Waals surface area contributed by atoms with Crippen LogP contribution in [0.4, 0.5) is 4.79 Å². The number of quaternary nitrogens is 1.